The van der Waals surface area contributed by atoms with Crippen LogP contribution in [0.2, 0.25) is 0 Å². The number of carbonyl (C=O) groups is 2. The summed E-state index contributed by atoms with van der Waals surface area (Å²) in [6.45, 7) is 0. The number of nitrogens with one attached hydrogen (secondary N) is 2. The Morgan fingerprint density at radius 2 is 1.81 bits per heavy atom. The Labute approximate surface area is 149 Å². The van der Waals surface area contributed by atoms with E-state index in [0.717, 1.165) is 10.9 Å². The van der Waals surface area contributed by atoms with E-state index < -0.39 is 5.97 Å². The molecule has 0 saturated heterocycles. The van der Waals surface area contributed by atoms with Gasteiger partial charge in [0.15, 0.2) is 0 Å². The highest BCUT2D eigenvalue weighted by molar-refractivity contribution is 6.01. The van der Waals surface area contributed by atoms with Gasteiger partial charge in [-0.3, -0.25) is 9.59 Å². The lowest BCUT2D eigenvalue weighted by molar-refractivity contribution is -0.116. The number of rotatable bonds is 5. The molecule has 3 rings (SSSR count). The van der Waals surface area contributed by atoms with Crippen molar-refractivity contribution >= 4 is 28.5 Å². The van der Waals surface area contributed by atoms with E-state index in [4.69, 9.17) is 4.74 Å². The molecule has 0 fully saturated rings. The molecular weight excluding hydrogens is 332 g/mol. The van der Waals surface area contributed by atoms with Crippen molar-refractivity contribution in [3.05, 3.63) is 76.1 Å². The molecule has 0 unspecified atom stereocenters. The van der Waals surface area contributed by atoms with Gasteiger partial charge in [0.2, 0.25) is 5.91 Å². The first-order chi connectivity index (χ1) is 12.6. The number of methoxy groups -OCH3 is 1. The van der Waals surface area contributed by atoms with Crippen molar-refractivity contribution in [3.8, 4) is 0 Å². The van der Waals surface area contributed by atoms with Gasteiger partial charge in [-0.25, -0.2) is 4.79 Å². The van der Waals surface area contributed by atoms with Gasteiger partial charge < -0.3 is 15.0 Å². The fraction of sp³-hybridized carbons (Fsp3) is 0.150. The van der Waals surface area contributed by atoms with Gasteiger partial charge in [-0.1, -0.05) is 30.3 Å². The number of aromatic amines is 1. The predicted octanol–water partition coefficient (Wildman–Crippen LogP) is 2.89. The molecule has 0 saturated carbocycles. The molecule has 2 N–H and O–H groups in total. The Morgan fingerprint density at radius 3 is 2.62 bits per heavy atom. The fourth-order valence-corrected chi connectivity index (χ4v) is 2.72. The van der Waals surface area contributed by atoms with Gasteiger partial charge in [-0.2, -0.15) is 0 Å². The maximum Gasteiger partial charge on any atom is 0.339 e. The molecule has 1 aromatic heterocycles. The molecule has 6 nitrogen and oxygen atoms in total. The van der Waals surface area contributed by atoms with E-state index in [0.29, 0.717) is 17.7 Å². The molecule has 26 heavy (non-hydrogen) atoms. The van der Waals surface area contributed by atoms with Crippen molar-refractivity contribution < 1.29 is 14.3 Å². The SMILES string of the molecule is COC(=O)c1ccccc1NC(=O)CCc1cc2ccccc2[nH]c1=O. The first-order valence-electron chi connectivity index (χ1n) is 8.16. The summed E-state index contributed by atoms with van der Waals surface area (Å²) in [7, 11) is 1.28. The number of amides is 1. The number of hydrogen-bond donors (Lipinski definition) is 2. The van der Waals surface area contributed by atoms with E-state index in [1.165, 1.54) is 7.11 Å². The third-order valence-electron chi connectivity index (χ3n) is 4.06. The second kappa shape index (κ2) is 7.65. The molecule has 0 atom stereocenters. The number of anilines is 1. The number of aromatic nitrogens is 1. The Hall–Kier alpha value is -3.41. The van der Waals surface area contributed by atoms with Crippen LogP contribution in [0.4, 0.5) is 5.69 Å². The van der Waals surface area contributed by atoms with Crippen LogP contribution in [0.25, 0.3) is 10.9 Å². The highest BCUT2D eigenvalue weighted by Gasteiger charge is 2.13. The molecule has 0 aliphatic rings. The highest BCUT2D eigenvalue weighted by Crippen LogP contribution is 2.17. The zero-order valence-electron chi connectivity index (χ0n) is 14.2. The second-order valence-electron chi connectivity index (χ2n) is 5.80. The first-order valence-corrected chi connectivity index (χ1v) is 8.16. The largest absolute Gasteiger partial charge is 0.465 e. The minimum atomic E-state index is -0.521. The lowest BCUT2D eigenvalue weighted by Gasteiger charge is -2.09. The zero-order valence-corrected chi connectivity index (χ0v) is 14.2. The number of aryl methyl sites for hydroxylation is 1. The summed E-state index contributed by atoms with van der Waals surface area (Å²) in [5.41, 5.74) is 1.77. The monoisotopic (exact) mass is 350 g/mol. The number of ether oxygens (including phenoxy) is 1. The molecule has 0 radical (unpaired) electrons. The van der Waals surface area contributed by atoms with Crippen LogP contribution in [0.15, 0.2) is 59.4 Å². The Balaban J connectivity index is 1.71. The highest BCUT2D eigenvalue weighted by atomic mass is 16.5. The number of hydrogen-bond acceptors (Lipinski definition) is 4. The first kappa shape index (κ1) is 17.4. The number of para-hydroxylation sites is 2. The lowest BCUT2D eigenvalue weighted by Crippen LogP contribution is -2.18. The van der Waals surface area contributed by atoms with Crippen LogP contribution in [-0.4, -0.2) is 24.0 Å². The van der Waals surface area contributed by atoms with Gasteiger partial charge in [0.25, 0.3) is 5.56 Å². The van der Waals surface area contributed by atoms with E-state index in [9.17, 15) is 14.4 Å². The third kappa shape index (κ3) is 3.80. The molecule has 0 aliphatic heterocycles. The maximum atomic E-state index is 12.2. The van der Waals surface area contributed by atoms with Crippen molar-refractivity contribution in [1.29, 1.82) is 0 Å². The van der Waals surface area contributed by atoms with Crippen LogP contribution in [-0.2, 0) is 16.0 Å². The Bertz CT molecular complexity index is 1020. The van der Waals surface area contributed by atoms with Gasteiger partial charge in [0.05, 0.1) is 18.4 Å². The molecule has 1 heterocycles. The predicted molar refractivity (Wildman–Crippen MR) is 99.3 cm³/mol. The van der Waals surface area contributed by atoms with E-state index in [1.807, 2.05) is 24.3 Å². The topological polar surface area (TPSA) is 88.3 Å². The van der Waals surface area contributed by atoms with Gasteiger partial charge in [-0.15, -0.1) is 0 Å². The van der Waals surface area contributed by atoms with Gasteiger partial charge >= 0.3 is 5.97 Å². The van der Waals surface area contributed by atoms with Gasteiger partial charge in [0.1, 0.15) is 0 Å². The molecule has 1 amide bonds. The average molecular weight is 350 g/mol. The summed E-state index contributed by atoms with van der Waals surface area (Å²) in [5, 5.41) is 3.62. The minimum absolute atomic E-state index is 0.122. The van der Waals surface area contributed by atoms with Crippen LogP contribution in [0, 0.1) is 0 Å². The normalized spacial score (nSPS) is 10.5. The average Bonchev–Trinajstić information content (AvgIpc) is 2.66. The summed E-state index contributed by atoms with van der Waals surface area (Å²) in [5.74, 6) is -0.805. The molecule has 0 aliphatic carbocycles. The van der Waals surface area contributed by atoms with Crippen molar-refractivity contribution in [1.82, 2.24) is 4.98 Å². The van der Waals surface area contributed by atoms with Crippen LogP contribution in [0.1, 0.15) is 22.3 Å². The summed E-state index contributed by atoms with van der Waals surface area (Å²) < 4.78 is 4.71. The number of H-pyrrole nitrogens is 1. The molecule has 3 aromatic rings. The summed E-state index contributed by atoms with van der Waals surface area (Å²) >= 11 is 0. The maximum absolute atomic E-state index is 12.2. The number of pyridine rings is 1. The number of benzene rings is 2. The van der Waals surface area contributed by atoms with Crippen molar-refractivity contribution in [2.45, 2.75) is 12.8 Å². The van der Waals surface area contributed by atoms with E-state index >= 15 is 0 Å². The second-order valence-corrected chi connectivity index (χ2v) is 5.80. The molecule has 132 valence electrons. The van der Waals surface area contributed by atoms with Gasteiger partial charge in [0, 0.05) is 17.5 Å². The van der Waals surface area contributed by atoms with Gasteiger partial charge in [-0.05, 0) is 36.1 Å². The number of fused-ring (bicyclic) bond motifs is 1. The summed E-state index contributed by atoms with van der Waals surface area (Å²) in [6.07, 6.45) is 0.420. The van der Waals surface area contributed by atoms with Crippen molar-refractivity contribution in [2.24, 2.45) is 0 Å². The van der Waals surface area contributed by atoms with Crippen molar-refractivity contribution in [3.63, 3.8) is 0 Å². The molecule has 2 aromatic carbocycles. The Kier molecular flexibility index (Phi) is 5.12. The zero-order chi connectivity index (χ0) is 18.5. The standard InChI is InChI=1S/C20H18N2O4/c1-26-20(25)15-7-3-5-9-17(15)21-18(23)11-10-14-12-13-6-2-4-8-16(13)22-19(14)24/h2-9,12H,10-11H2,1H3,(H,21,23)(H,22,24). The Morgan fingerprint density at radius 1 is 1.08 bits per heavy atom. The van der Waals surface area contributed by atoms with Crippen LogP contribution < -0.4 is 10.9 Å². The van der Waals surface area contributed by atoms with Crippen LogP contribution in [0.3, 0.4) is 0 Å². The number of esters is 1. The number of carbonyl (C=O) groups excluding carboxylic acids is 2. The van der Waals surface area contributed by atoms with Crippen LogP contribution >= 0.6 is 0 Å². The van der Waals surface area contributed by atoms with E-state index in [-0.39, 0.29) is 23.5 Å². The summed E-state index contributed by atoms with van der Waals surface area (Å²) in [6, 6.07) is 15.9. The quantitative estimate of drug-likeness (QED) is 0.693. The molecule has 0 spiro atoms. The molecule has 0 bridgehead atoms. The lowest BCUT2D eigenvalue weighted by atomic mass is 10.1. The summed E-state index contributed by atoms with van der Waals surface area (Å²) in [4.78, 5) is 38.9. The van der Waals surface area contributed by atoms with Crippen molar-refractivity contribution in [2.75, 3.05) is 12.4 Å². The third-order valence-corrected chi connectivity index (χ3v) is 4.06. The molecule has 6 heteroatoms. The minimum Gasteiger partial charge on any atom is -0.465 e. The smallest absolute Gasteiger partial charge is 0.339 e. The van der Waals surface area contributed by atoms with Crippen LogP contribution in [0.5, 0.6) is 0 Å². The molecular formula is C20H18N2O4. The van der Waals surface area contributed by atoms with E-state index in [1.54, 1.807) is 30.3 Å². The fourth-order valence-electron chi connectivity index (χ4n) is 2.72. The van der Waals surface area contributed by atoms with E-state index in [2.05, 4.69) is 10.3 Å².